The van der Waals surface area contributed by atoms with Crippen LogP contribution < -0.4 is 4.72 Å². The Labute approximate surface area is 116 Å². The van der Waals surface area contributed by atoms with Crippen molar-refractivity contribution in [3.8, 4) is 0 Å². The number of aromatic nitrogens is 2. The third kappa shape index (κ3) is 2.61. The highest BCUT2D eigenvalue weighted by atomic mass is 32.2. The van der Waals surface area contributed by atoms with E-state index in [1.54, 1.807) is 18.5 Å². The molecule has 2 heterocycles. The zero-order chi connectivity index (χ0) is 14.9. The molecule has 0 aliphatic rings. The van der Waals surface area contributed by atoms with E-state index in [-0.39, 0.29) is 22.7 Å². The lowest BCUT2D eigenvalue weighted by molar-refractivity contribution is 0.0690. The summed E-state index contributed by atoms with van der Waals surface area (Å²) in [4.78, 5) is 16.4. The molecule has 0 bridgehead atoms. The average Bonchev–Trinajstić information content (AvgIpc) is 2.95. The molecule has 0 aliphatic heterocycles. The molecular weight excluding hydrogens is 282 g/mol. The smallest absolute Gasteiger partial charge is 0.352 e. The molecule has 108 valence electrons. The summed E-state index contributed by atoms with van der Waals surface area (Å²) in [6, 6.07) is 1.75. The fourth-order valence-corrected chi connectivity index (χ4v) is 3.53. The van der Waals surface area contributed by atoms with Crippen molar-refractivity contribution in [1.29, 1.82) is 0 Å². The number of aryl methyl sites for hydroxylation is 1. The average molecular weight is 297 g/mol. The molecule has 2 rings (SSSR count). The summed E-state index contributed by atoms with van der Waals surface area (Å²) in [5, 5.41) is 9.00. The summed E-state index contributed by atoms with van der Waals surface area (Å²) >= 11 is 0. The molecule has 20 heavy (non-hydrogen) atoms. The molecular formula is C12H15N3O4S. The molecule has 2 aromatic heterocycles. The van der Waals surface area contributed by atoms with E-state index in [0.29, 0.717) is 5.69 Å². The number of sulfonamides is 1. The monoisotopic (exact) mass is 297 g/mol. The van der Waals surface area contributed by atoms with E-state index in [2.05, 4.69) is 14.7 Å². The van der Waals surface area contributed by atoms with Gasteiger partial charge in [-0.2, -0.15) is 0 Å². The minimum atomic E-state index is -3.77. The molecule has 0 saturated carbocycles. The molecule has 0 spiro atoms. The highest BCUT2D eigenvalue weighted by molar-refractivity contribution is 7.89. The minimum Gasteiger partial charge on any atom is -0.477 e. The molecule has 2 aromatic rings. The standard InChI is InChI=1S/C12H15N3O4S/c1-7-10(12(16)17)15-8(2)11(7)20(18,19)14-6-9-3-4-13-5-9/h3-5,13-15H,6H2,1-2H3,(H,16,17). The van der Waals surface area contributed by atoms with Crippen LogP contribution in [0.1, 0.15) is 27.3 Å². The van der Waals surface area contributed by atoms with E-state index in [1.807, 2.05) is 0 Å². The lowest BCUT2D eigenvalue weighted by Gasteiger charge is -2.06. The van der Waals surface area contributed by atoms with Crippen molar-refractivity contribution in [2.75, 3.05) is 0 Å². The SMILES string of the molecule is Cc1[nH]c(C(=O)O)c(C)c1S(=O)(=O)NCc1cc[nH]c1. The number of aromatic amines is 2. The van der Waals surface area contributed by atoms with Gasteiger partial charge in [0.25, 0.3) is 0 Å². The Morgan fingerprint density at radius 3 is 2.60 bits per heavy atom. The van der Waals surface area contributed by atoms with Gasteiger partial charge in [0.1, 0.15) is 10.6 Å². The van der Waals surface area contributed by atoms with Crippen LogP contribution in [-0.4, -0.2) is 29.5 Å². The van der Waals surface area contributed by atoms with Crippen molar-refractivity contribution in [2.24, 2.45) is 0 Å². The predicted octanol–water partition coefficient (Wildman–Crippen LogP) is 1.14. The predicted molar refractivity (Wildman–Crippen MR) is 72.0 cm³/mol. The molecule has 0 aliphatic carbocycles. The largest absolute Gasteiger partial charge is 0.477 e. The first kappa shape index (κ1) is 14.4. The zero-order valence-corrected chi connectivity index (χ0v) is 11.8. The Morgan fingerprint density at radius 2 is 2.10 bits per heavy atom. The van der Waals surface area contributed by atoms with Gasteiger partial charge in [0.15, 0.2) is 0 Å². The van der Waals surface area contributed by atoms with Gasteiger partial charge in [-0.05, 0) is 25.5 Å². The number of rotatable bonds is 5. The van der Waals surface area contributed by atoms with Gasteiger partial charge in [0, 0.05) is 30.2 Å². The number of H-pyrrole nitrogens is 2. The number of nitrogens with one attached hydrogen (secondary N) is 3. The van der Waals surface area contributed by atoms with Crippen molar-refractivity contribution in [1.82, 2.24) is 14.7 Å². The number of aromatic carboxylic acids is 1. The second-order valence-corrected chi connectivity index (χ2v) is 6.13. The van der Waals surface area contributed by atoms with E-state index < -0.39 is 16.0 Å². The fourth-order valence-electron chi connectivity index (χ4n) is 2.07. The van der Waals surface area contributed by atoms with Gasteiger partial charge in [0.05, 0.1) is 0 Å². The summed E-state index contributed by atoms with van der Waals surface area (Å²) in [5.74, 6) is -1.18. The molecule has 7 nitrogen and oxygen atoms in total. The van der Waals surface area contributed by atoms with E-state index in [0.717, 1.165) is 5.56 Å². The summed E-state index contributed by atoms with van der Waals surface area (Å²) in [5.41, 5.74) is 1.19. The molecule has 8 heteroatoms. The quantitative estimate of drug-likeness (QED) is 0.662. The molecule has 4 N–H and O–H groups in total. The molecule has 0 unspecified atom stereocenters. The van der Waals surface area contributed by atoms with Crippen molar-refractivity contribution in [2.45, 2.75) is 25.3 Å². The number of carbonyl (C=O) groups is 1. The van der Waals surface area contributed by atoms with Gasteiger partial charge < -0.3 is 15.1 Å². The first-order chi connectivity index (χ1) is 9.33. The number of hydrogen-bond acceptors (Lipinski definition) is 3. The van der Waals surface area contributed by atoms with Gasteiger partial charge in [-0.1, -0.05) is 0 Å². The normalized spacial score (nSPS) is 11.7. The minimum absolute atomic E-state index is 0.00886. The molecule has 0 aromatic carbocycles. The van der Waals surface area contributed by atoms with Crippen LogP contribution >= 0.6 is 0 Å². The van der Waals surface area contributed by atoms with Crippen LogP contribution in [0.15, 0.2) is 23.4 Å². The molecule has 0 saturated heterocycles. The number of carboxylic acids is 1. The third-order valence-corrected chi connectivity index (χ3v) is 4.65. The van der Waals surface area contributed by atoms with Gasteiger partial charge in [-0.25, -0.2) is 17.9 Å². The van der Waals surface area contributed by atoms with Crippen LogP contribution in [0.3, 0.4) is 0 Å². The van der Waals surface area contributed by atoms with Gasteiger partial charge in [0.2, 0.25) is 10.0 Å². The Morgan fingerprint density at radius 1 is 1.40 bits per heavy atom. The summed E-state index contributed by atoms with van der Waals surface area (Å²) in [7, 11) is -3.77. The Bertz CT molecular complexity index is 729. The second kappa shape index (κ2) is 5.14. The Hall–Kier alpha value is -2.06. The highest BCUT2D eigenvalue weighted by Crippen LogP contribution is 2.23. The summed E-state index contributed by atoms with van der Waals surface area (Å²) in [6.07, 6.45) is 3.38. The molecule has 0 amide bonds. The van der Waals surface area contributed by atoms with Crippen LogP contribution in [0.2, 0.25) is 0 Å². The van der Waals surface area contributed by atoms with E-state index in [1.165, 1.54) is 13.8 Å². The van der Waals surface area contributed by atoms with Crippen LogP contribution in [0.25, 0.3) is 0 Å². The number of carboxylic acid groups (broad SMARTS) is 1. The van der Waals surface area contributed by atoms with Gasteiger partial charge in [-0.3, -0.25) is 0 Å². The highest BCUT2D eigenvalue weighted by Gasteiger charge is 2.26. The fraction of sp³-hybridized carbons (Fsp3) is 0.250. The molecule has 0 radical (unpaired) electrons. The lowest BCUT2D eigenvalue weighted by atomic mass is 10.2. The Balaban J connectivity index is 2.32. The van der Waals surface area contributed by atoms with Crippen LogP contribution in [0, 0.1) is 13.8 Å². The summed E-state index contributed by atoms with van der Waals surface area (Å²) < 4.78 is 27.0. The topological polar surface area (TPSA) is 115 Å². The Kier molecular flexibility index (Phi) is 3.69. The van der Waals surface area contributed by atoms with Gasteiger partial charge in [-0.15, -0.1) is 0 Å². The van der Waals surface area contributed by atoms with Crippen molar-refractivity contribution < 1.29 is 18.3 Å². The van der Waals surface area contributed by atoms with Crippen LogP contribution in [0.5, 0.6) is 0 Å². The van der Waals surface area contributed by atoms with E-state index in [9.17, 15) is 13.2 Å². The third-order valence-electron chi connectivity index (χ3n) is 2.98. The van der Waals surface area contributed by atoms with Gasteiger partial charge >= 0.3 is 5.97 Å². The van der Waals surface area contributed by atoms with E-state index in [4.69, 9.17) is 5.11 Å². The first-order valence-corrected chi connectivity index (χ1v) is 7.35. The van der Waals surface area contributed by atoms with Crippen molar-refractivity contribution in [3.05, 3.63) is 41.0 Å². The van der Waals surface area contributed by atoms with E-state index >= 15 is 0 Å². The zero-order valence-electron chi connectivity index (χ0n) is 11.0. The first-order valence-electron chi connectivity index (χ1n) is 5.86. The lowest BCUT2D eigenvalue weighted by Crippen LogP contribution is -2.24. The van der Waals surface area contributed by atoms with Crippen LogP contribution in [-0.2, 0) is 16.6 Å². The van der Waals surface area contributed by atoms with Crippen LogP contribution in [0.4, 0.5) is 0 Å². The molecule has 0 atom stereocenters. The maximum atomic E-state index is 12.3. The maximum absolute atomic E-state index is 12.3. The maximum Gasteiger partial charge on any atom is 0.352 e. The summed E-state index contributed by atoms with van der Waals surface area (Å²) in [6.45, 7) is 3.14. The molecule has 0 fully saturated rings. The van der Waals surface area contributed by atoms with Crippen molar-refractivity contribution in [3.63, 3.8) is 0 Å². The number of hydrogen-bond donors (Lipinski definition) is 4. The second-order valence-electron chi connectivity index (χ2n) is 4.43. The van der Waals surface area contributed by atoms with Crippen molar-refractivity contribution >= 4 is 16.0 Å².